The van der Waals surface area contributed by atoms with Crippen LogP contribution in [0.3, 0.4) is 0 Å². The minimum absolute atomic E-state index is 0.0719. The third kappa shape index (κ3) is 4.85. The zero-order valence-electron chi connectivity index (χ0n) is 14.6. The summed E-state index contributed by atoms with van der Waals surface area (Å²) in [5, 5.41) is 11.1. The molecule has 1 amide bonds. The number of pyridine rings is 1. The lowest BCUT2D eigenvalue weighted by Crippen LogP contribution is -2.41. The number of aromatic nitrogens is 3. The molecule has 2 aromatic heterocycles. The number of halogens is 1. The maximum Gasteiger partial charge on any atom is 0.284 e. The van der Waals surface area contributed by atoms with Crippen LogP contribution in [0, 0.1) is 0 Å². The fraction of sp³-hybridized carbons (Fsp3) is 0.158. The number of amides is 1. The minimum Gasteiger partial charge on any atom is -0.395 e. The van der Waals surface area contributed by atoms with Gasteiger partial charge < -0.3 is 5.11 Å². The predicted molar refractivity (Wildman–Crippen MR) is 103 cm³/mol. The van der Waals surface area contributed by atoms with Crippen molar-refractivity contribution in [2.75, 3.05) is 20.2 Å². The Balaban J connectivity index is 2.03. The van der Waals surface area contributed by atoms with Gasteiger partial charge in [-0.05, 0) is 30.3 Å². The van der Waals surface area contributed by atoms with Gasteiger partial charge in [-0.25, -0.2) is 15.0 Å². The van der Waals surface area contributed by atoms with Gasteiger partial charge in [0.15, 0.2) is 5.82 Å². The molecule has 2 N–H and O–H groups in total. The highest BCUT2D eigenvalue weighted by Crippen LogP contribution is 2.23. The van der Waals surface area contributed by atoms with Crippen molar-refractivity contribution in [3.63, 3.8) is 0 Å². The number of aliphatic hydroxyl groups excluding tert-OH is 1. The van der Waals surface area contributed by atoms with Gasteiger partial charge in [0.25, 0.3) is 5.91 Å². The zero-order valence-corrected chi connectivity index (χ0v) is 15.4. The van der Waals surface area contributed by atoms with E-state index in [1.54, 1.807) is 43.7 Å². The van der Waals surface area contributed by atoms with Gasteiger partial charge >= 0.3 is 0 Å². The number of rotatable bonds is 6. The molecular weight excluding hydrogens is 366 g/mol. The van der Waals surface area contributed by atoms with E-state index in [0.29, 0.717) is 28.6 Å². The number of aliphatic hydroxyl groups is 1. The number of carbonyl (C=O) groups excluding carboxylic acids is 1. The molecule has 0 aliphatic rings. The molecule has 8 heteroatoms. The van der Waals surface area contributed by atoms with E-state index in [0.717, 1.165) is 5.56 Å². The zero-order chi connectivity index (χ0) is 19.2. The molecule has 0 unspecified atom stereocenters. The summed E-state index contributed by atoms with van der Waals surface area (Å²) in [6, 6.07) is 12.4. The van der Waals surface area contributed by atoms with Gasteiger partial charge in [0.05, 0.1) is 12.3 Å². The molecule has 2 heterocycles. The van der Waals surface area contributed by atoms with E-state index in [-0.39, 0.29) is 12.3 Å². The number of nitrogens with zero attached hydrogens (tertiary/aromatic N) is 4. The summed E-state index contributed by atoms with van der Waals surface area (Å²) in [6.45, 7) is 0.230. The van der Waals surface area contributed by atoms with Gasteiger partial charge in [-0.1, -0.05) is 23.7 Å². The van der Waals surface area contributed by atoms with Crippen molar-refractivity contribution in [1.82, 2.24) is 25.4 Å². The summed E-state index contributed by atoms with van der Waals surface area (Å²) < 4.78 is 0. The van der Waals surface area contributed by atoms with Crippen LogP contribution in [-0.2, 0) is 0 Å². The standard InChI is InChI=1S/C19H18ClN5O2/c1-25(9-10-26)24-19(27)17-11-16(13-4-6-15(20)7-5-13)22-18(23-17)14-3-2-8-21-12-14/h2-8,11-12,26H,9-10H2,1H3,(H,24,27). The van der Waals surface area contributed by atoms with Gasteiger partial charge in [-0.3, -0.25) is 15.2 Å². The van der Waals surface area contributed by atoms with Crippen LogP contribution in [0.1, 0.15) is 10.5 Å². The Morgan fingerprint density at radius 2 is 1.96 bits per heavy atom. The van der Waals surface area contributed by atoms with Crippen molar-refractivity contribution >= 4 is 17.5 Å². The second-order valence-electron chi connectivity index (χ2n) is 5.80. The molecule has 0 aliphatic heterocycles. The number of hydrazine groups is 1. The van der Waals surface area contributed by atoms with Crippen LogP contribution in [0.15, 0.2) is 54.9 Å². The maximum absolute atomic E-state index is 12.6. The molecule has 7 nitrogen and oxygen atoms in total. The lowest BCUT2D eigenvalue weighted by molar-refractivity contribution is 0.0797. The molecule has 0 spiro atoms. The second-order valence-corrected chi connectivity index (χ2v) is 6.23. The third-order valence-electron chi connectivity index (χ3n) is 3.75. The van der Waals surface area contributed by atoms with E-state index in [9.17, 15) is 4.79 Å². The number of hydrogen-bond acceptors (Lipinski definition) is 6. The summed E-state index contributed by atoms with van der Waals surface area (Å²) in [5.74, 6) is -0.000727. The first-order valence-electron chi connectivity index (χ1n) is 8.25. The first-order valence-corrected chi connectivity index (χ1v) is 8.63. The van der Waals surface area contributed by atoms with Gasteiger partial charge in [0.1, 0.15) is 5.69 Å². The van der Waals surface area contributed by atoms with Crippen LogP contribution < -0.4 is 5.43 Å². The number of hydrogen-bond donors (Lipinski definition) is 2. The third-order valence-corrected chi connectivity index (χ3v) is 4.00. The van der Waals surface area contributed by atoms with E-state index in [1.807, 2.05) is 18.2 Å². The highest BCUT2D eigenvalue weighted by Gasteiger charge is 2.15. The molecule has 1 aromatic carbocycles. The van der Waals surface area contributed by atoms with E-state index < -0.39 is 5.91 Å². The molecule has 0 radical (unpaired) electrons. The van der Waals surface area contributed by atoms with Crippen molar-refractivity contribution in [3.05, 3.63) is 65.6 Å². The molecule has 27 heavy (non-hydrogen) atoms. The minimum atomic E-state index is -0.395. The van der Waals surface area contributed by atoms with Crippen LogP contribution in [0.4, 0.5) is 0 Å². The largest absolute Gasteiger partial charge is 0.395 e. The average Bonchev–Trinajstić information content (AvgIpc) is 2.69. The molecule has 0 atom stereocenters. The van der Waals surface area contributed by atoms with Crippen molar-refractivity contribution in [3.8, 4) is 22.6 Å². The van der Waals surface area contributed by atoms with Crippen LogP contribution in [0.25, 0.3) is 22.6 Å². The smallest absolute Gasteiger partial charge is 0.284 e. The number of likely N-dealkylation sites (N-methyl/N-ethyl adjacent to an activating group) is 1. The van der Waals surface area contributed by atoms with Gasteiger partial charge in [0, 0.05) is 42.1 Å². The van der Waals surface area contributed by atoms with Crippen molar-refractivity contribution < 1.29 is 9.90 Å². The monoisotopic (exact) mass is 383 g/mol. The Morgan fingerprint density at radius 3 is 2.63 bits per heavy atom. The molecule has 3 rings (SSSR count). The summed E-state index contributed by atoms with van der Waals surface area (Å²) in [4.78, 5) is 25.6. The molecule has 3 aromatic rings. The van der Waals surface area contributed by atoms with E-state index >= 15 is 0 Å². The Morgan fingerprint density at radius 1 is 1.19 bits per heavy atom. The predicted octanol–water partition coefficient (Wildman–Crippen LogP) is 2.43. The fourth-order valence-corrected chi connectivity index (χ4v) is 2.52. The highest BCUT2D eigenvalue weighted by atomic mass is 35.5. The maximum atomic E-state index is 12.6. The lowest BCUT2D eigenvalue weighted by Gasteiger charge is -2.16. The molecule has 0 fully saturated rings. The Bertz CT molecular complexity index is 919. The molecule has 0 aliphatic carbocycles. The number of carbonyl (C=O) groups is 1. The van der Waals surface area contributed by atoms with E-state index in [1.165, 1.54) is 5.01 Å². The summed E-state index contributed by atoms with van der Waals surface area (Å²) in [5.41, 5.74) is 4.98. The van der Waals surface area contributed by atoms with Crippen LogP contribution in [0.5, 0.6) is 0 Å². The van der Waals surface area contributed by atoms with Gasteiger partial charge in [-0.2, -0.15) is 0 Å². The van der Waals surface area contributed by atoms with E-state index in [4.69, 9.17) is 16.7 Å². The SMILES string of the molecule is CN(CCO)NC(=O)c1cc(-c2ccc(Cl)cc2)nc(-c2cccnc2)n1. The second kappa shape index (κ2) is 8.68. The van der Waals surface area contributed by atoms with Crippen molar-refractivity contribution in [2.45, 2.75) is 0 Å². The van der Waals surface area contributed by atoms with E-state index in [2.05, 4.69) is 20.4 Å². The molecule has 0 saturated carbocycles. The first kappa shape index (κ1) is 18.9. The number of nitrogens with one attached hydrogen (secondary N) is 1. The first-order chi connectivity index (χ1) is 13.1. The molecular formula is C19H18ClN5O2. The van der Waals surface area contributed by atoms with Gasteiger partial charge in [-0.15, -0.1) is 0 Å². The summed E-state index contributed by atoms with van der Waals surface area (Å²) in [7, 11) is 1.66. The summed E-state index contributed by atoms with van der Waals surface area (Å²) in [6.07, 6.45) is 3.30. The number of benzene rings is 1. The van der Waals surface area contributed by atoms with Crippen LogP contribution in [0.2, 0.25) is 5.02 Å². The molecule has 0 saturated heterocycles. The topological polar surface area (TPSA) is 91.2 Å². The molecule has 0 bridgehead atoms. The van der Waals surface area contributed by atoms with Crippen molar-refractivity contribution in [1.29, 1.82) is 0 Å². The van der Waals surface area contributed by atoms with Crippen LogP contribution in [-0.4, -0.2) is 51.2 Å². The Labute approximate surface area is 161 Å². The van der Waals surface area contributed by atoms with Gasteiger partial charge in [0.2, 0.25) is 0 Å². The van der Waals surface area contributed by atoms with Crippen molar-refractivity contribution in [2.24, 2.45) is 0 Å². The Hall–Kier alpha value is -2.87. The Kier molecular flexibility index (Phi) is 6.08. The quantitative estimate of drug-likeness (QED) is 0.635. The lowest BCUT2D eigenvalue weighted by atomic mass is 10.1. The normalized spacial score (nSPS) is 10.8. The summed E-state index contributed by atoms with van der Waals surface area (Å²) >= 11 is 5.96. The fourth-order valence-electron chi connectivity index (χ4n) is 2.39. The molecule has 138 valence electrons. The average molecular weight is 384 g/mol. The highest BCUT2D eigenvalue weighted by molar-refractivity contribution is 6.30. The van der Waals surface area contributed by atoms with Crippen LogP contribution >= 0.6 is 11.6 Å².